The van der Waals surface area contributed by atoms with Gasteiger partial charge in [-0.1, -0.05) is 17.7 Å². The number of piperazine rings is 1. The van der Waals surface area contributed by atoms with Crippen molar-refractivity contribution >= 4 is 50.0 Å². The lowest BCUT2D eigenvalue weighted by atomic mass is 10.3. The molecule has 1 saturated heterocycles. The minimum Gasteiger partial charge on any atom is -0.314 e. The third-order valence-corrected chi connectivity index (χ3v) is 6.39. The molecule has 8 heteroatoms. The Morgan fingerprint density at radius 3 is 2.74 bits per heavy atom. The van der Waals surface area contributed by atoms with E-state index in [1.807, 2.05) is 6.92 Å². The first-order valence-corrected chi connectivity index (χ1v) is 8.22. The van der Waals surface area contributed by atoms with Crippen molar-refractivity contribution < 1.29 is 8.42 Å². The molecule has 108 valence electrons. The third kappa shape index (κ3) is 3.43. The molecule has 0 bridgehead atoms. The van der Waals surface area contributed by atoms with Crippen LogP contribution in [0.3, 0.4) is 0 Å². The number of hydrogen-bond donors (Lipinski definition) is 1. The van der Waals surface area contributed by atoms with Crippen LogP contribution in [-0.2, 0) is 10.0 Å². The van der Waals surface area contributed by atoms with Crippen molar-refractivity contribution in [2.45, 2.75) is 17.9 Å². The highest BCUT2D eigenvalue weighted by atomic mass is 79.9. The highest BCUT2D eigenvalue weighted by Gasteiger charge is 2.33. The van der Waals surface area contributed by atoms with Crippen LogP contribution in [0.4, 0.5) is 0 Å². The van der Waals surface area contributed by atoms with Gasteiger partial charge >= 0.3 is 0 Å². The third-order valence-electron chi connectivity index (χ3n) is 2.93. The van der Waals surface area contributed by atoms with E-state index in [2.05, 4.69) is 21.2 Å². The van der Waals surface area contributed by atoms with Gasteiger partial charge in [-0.3, -0.25) is 0 Å². The second-order valence-electron chi connectivity index (χ2n) is 4.22. The second-order valence-corrected chi connectivity index (χ2v) is 7.31. The van der Waals surface area contributed by atoms with Crippen LogP contribution in [0.1, 0.15) is 6.92 Å². The topological polar surface area (TPSA) is 49.4 Å². The molecule has 1 aliphatic heterocycles. The monoisotopic (exact) mass is 388 g/mol. The van der Waals surface area contributed by atoms with Crippen LogP contribution in [-0.4, -0.2) is 38.4 Å². The maximum atomic E-state index is 12.6. The number of nitrogens with zero attached hydrogens (tertiary/aromatic N) is 1. The van der Waals surface area contributed by atoms with Gasteiger partial charge in [0.2, 0.25) is 10.0 Å². The number of benzene rings is 1. The van der Waals surface area contributed by atoms with Crippen molar-refractivity contribution in [2.75, 3.05) is 19.6 Å². The Labute approximate surface area is 133 Å². The number of nitrogens with one attached hydrogen (secondary N) is 1. The second kappa shape index (κ2) is 6.74. The smallest absolute Gasteiger partial charge is 0.246 e. The van der Waals surface area contributed by atoms with Crippen LogP contribution in [0.15, 0.2) is 27.6 Å². The molecule has 0 aromatic heterocycles. The molecule has 1 aromatic rings. The first-order chi connectivity index (χ1) is 8.44. The first-order valence-electron chi connectivity index (χ1n) is 5.61. The predicted octanol–water partition coefficient (Wildman–Crippen LogP) is 2.51. The average molecular weight is 390 g/mol. The number of hydrogen-bond acceptors (Lipinski definition) is 3. The maximum absolute atomic E-state index is 12.6. The molecule has 1 N–H and O–H groups in total. The summed E-state index contributed by atoms with van der Waals surface area (Å²) in [4.78, 5) is 0.153. The fraction of sp³-hybridized carbons (Fsp3) is 0.455. The van der Waals surface area contributed by atoms with Gasteiger partial charge in [-0.25, -0.2) is 8.42 Å². The van der Waals surface area contributed by atoms with Gasteiger partial charge in [0.05, 0.1) is 5.02 Å². The van der Waals surface area contributed by atoms with Crippen molar-refractivity contribution in [1.82, 2.24) is 9.62 Å². The zero-order valence-electron chi connectivity index (χ0n) is 10.3. The van der Waals surface area contributed by atoms with Crippen molar-refractivity contribution in [2.24, 2.45) is 0 Å². The van der Waals surface area contributed by atoms with Crippen LogP contribution in [0.2, 0.25) is 5.02 Å². The summed E-state index contributed by atoms with van der Waals surface area (Å²) in [7, 11) is -3.56. The summed E-state index contributed by atoms with van der Waals surface area (Å²) in [6.07, 6.45) is 0. The lowest BCUT2D eigenvalue weighted by molar-refractivity contribution is 0.284. The Hall–Kier alpha value is 0.150. The van der Waals surface area contributed by atoms with Crippen molar-refractivity contribution in [3.8, 4) is 0 Å². The molecule has 1 aliphatic rings. The summed E-state index contributed by atoms with van der Waals surface area (Å²) < 4.78 is 27.2. The molecule has 1 atom stereocenters. The largest absolute Gasteiger partial charge is 0.314 e. The molecule has 0 amide bonds. The summed E-state index contributed by atoms with van der Waals surface area (Å²) in [6.45, 7) is 3.66. The van der Waals surface area contributed by atoms with Gasteiger partial charge in [-0.15, -0.1) is 12.4 Å². The van der Waals surface area contributed by atoms with E-state index in [0.717, 1.165) is 0 Å². The molecule has 0 aliphatic carbocycles. The van der Waals surface area contributed by atoms with E-state index in [1.54, 1.807) is 18.2 Å². The minimum atomic E-state index is -3.56. The summed E-state index contributed by atoms with van der Waals surface area (Å²) in [5, 5.41) is 3.41. The molecular formula is C11H15BrCl2N2O2S. The normalized spacial score (nSPS) is 20.9. The van der Waals surface area contributed by atoms with E-state index in [4.69, 9.17) is 11.6 Å². The van der Waals surface area contributed by atoms with Gasteiger partial charge in [-0.2, -0.15) is 4.31 Å². The van der Waals surface area contributed by atoms with Crippen LogP contribution in [0.25, 0.3) is 0 Å². The van der Waals surface area contributed by atoms with E-state index in [-0.39, 0.29) is 28.4 Å². The maximum Gasteiger partial charge on any atom is 0.246 e. The predicted molar refractivity (Wildman–Crippen MR) is 82.6 cm³/mol. The molecule has 0 saturated carbocycles. The molecule has 2 rings (SSSR count). The standard InChI is InChI=1S/C11H14BrClN2O2S.ClH/c1-8-7-14-5-6-15(8)18(16,17)11-9(12)3-2-4-10(11)13;/h2-4,8,14H,5-7H2,1H3;1H. The number of sulfonamides is 1. The average Bonchev–Trinajstić information content (AvgIpc) is 2.28. The Kier molecular flexibility index (Phi) is 6.10. The van der Waals surface area contributed by atoms with Crippen molar-refractivity contribution in [3.63, 3.8) is 0 Å². The molecule has 1 unspecified atom stereocenters. The lowest BCUT2D eigenvalue weighted by Gasteiger charge is -2.33. The molecule has 4 nitrogen and oxygen atoms in total. The van der Waals surface area contributed by atoms with Gasteiger partial charge in [0.1, 0.15) is 4.90 Å². The Bertz CT molecular complexity index is 533. The van der Waals surface area contributed by atoms with Gasteiger partial charge < -0.3 is 5.32 Å². The molecule has 1 heterocycles. The molecule has 1 fully saturated rings. The Balaban J connectivity index is 0.00000180. The van der Waals surface area contributed by atoms with Gasteiger partial charge in [0, 0.05) is 30.1 Å². The van der Waals surface area contributed by atoms with Gasteiger partial charge in [0.15, 0.2) is 0 Å². The molecule has 19 heavy (non-hydrogen) atoms. The van der Waals surface area contributed by atoms with E-state index in [1.165, 1.54) is 4.31 Å². The summed E-state index contributed by atoms with van der Waals surface area (Å²) in [5.41, 5.74) is 0. The van der Waals surface area contributed by atoms with E-state index in [9.17, 15) is 8.42 Å². The number of halogens is 3. The van der Waals surface area contributed by atoms with Gasteiger partial charge in [-0.05, 0) is 35.0 Å². The SMILES string of the molecule is CC1CNCCN1S(=O)(=O)c1c(Cl)cccc1Br.Cl. The van der Waals surface area contributed by atoms with Gasteiger partial charge in [0.25, 0.3) is 0 Å². The summed E-state index contributed by atoms with van der Waals surface area (Å²) in [6, 6.07) is 4.91. The van der Waals surface area contributed by atoms with E-state index < -0.39 is 10.0 Å². The Morgan fingerprint density at radius 1 is 1.47 bits per heavy atom. The van der Waals surface area contributed by atoms with E-state index in [0.29, 0.717) is 24.1 Å². The molecule has 0 spiro atoms. The quantitative estimate of drug-likeness (QED) is 0.845. The summed E-state index contributed by atoms with van der Waals surface area (Å²) >= 11 is 9.29. The van der Waals surface area contributed by atoms with Crippen molar-refractivity contribution in [1.29, 1.82) is 0 Å². The number of rotatable bonds is 2. The molecule has 1 aromatic carbocycles. The van der Waals surface area contributed by atoms with E-state index >= 15 is 0 Å². The fourth-order valence-electron chi connectivity index (χ4n) is 2.03. The molecular weight excluding hydrogens is 375 g/mol. The lowest BCUT2D eigenvalue weighted by Crippen LogP contribution is -2.52. The van der Waals surface area contributed by atoms with Crippen LogP contribution >= 0.6 is 39.9 Å². The van der Waals surface area contributed by atoms with Crippen LogP contribution in [0, 0.1) is 0 Å². The zero-order valence-corrected chi connectivity index (χ0v) is 14.2. The zero-order chi connectivity index (χ0) is 13.3. The first kappa shape index (κ1) is 17.2. The minimum absolute atomic E-state index is 0. The van der Waals surface area contributed by atoms with Crippen LogP contribution in [0.5, 0.6) is 0 Å². The summed E-state index contributed by atoms with van der Waals surface area (Å²) in [5.74, 6) is 0. The fourth-order valence-corrected chi connectivity index (χ4v) is 5.33. The van der Waals surface area contributed by atoms with Crippen LogP contribution < -0.4 is 5.32 Å². The highest BCUT2D eigenvalue weighted by molar-refractivity contribution is 9.10. The highest BCUT2D eigenvalue weighted by Crippen LogP contribution is 2.32. The Morgan fingerprint density at radius 2 is 2.16 bits per heavy atom. The molecule has 0 radical (unpaired) electrons. The van der Waals surface area contributed by atoms with Crippen molar-refractivity contribution in [3.05, 3.63) is 27.7 Å².